The SMILES string of the molecule is C[C@@H]1CC2C3C[C@H](F)C4=CC(=O)C=C[C@]4(C)[C@@]3(F)[C@@H](O)C[C@]2(C)[C@@]1(OC(=O)C1C(C)(C)C1(C)C)C(=O)SCC#N. The van der Waals surface area contributed by atoms with Crippen LogP contribution in [0.25, 0.3) is 0 Å². The van der Waals surface area contributed by atoms with E-state index in [0.717, 1.165) is 17.8 Å². The third kappa shape index (κ3) is 3.32. The van der Waals surface area contributed by atoms with Crippen LogP contribution in [-0.4, -0.2) is 51.3 Å². The molecule has 5 aliphatic rings. The number of thioether (sulfide) groups is 1. The van der Waals surface area contributed by atoms with Crippen molar-refractivity contribution < 1.29 is 33.0 Å². The number of fused-ring (bicyclic) bond motifs is 5. The van der Waals surface area contributed by atoms with Crippen LogP contribution in [0.3, 0.4) is 0 Å². The minimum absolute atomic E-state index is 0.0315. The van der Waals surface area contributed by atoms with Gasteiger partial charge in [0.2, 0.25) is 5.12 Å². The highest BCUT2D eigenvalue weighted by Gasteiger charge is 2.79. The number of nitrogens with zero attached hydrogens (tertiary/aromatic N) is 1. The summed E-state index contributed by atoms with van der Waals surface area (Å²) < 4.78 is 39.7. The predicted octanol–water partition coefficient (Wildman–Crippen LogP) is 5.30. The molecule has 0 radical (unpaired) electrons. The van der Waals surface area contributed by atoms with Gasteiger partial charge in [0, 0.05) is 22.7 Å². The molecule has 0 spiro atoms. The Morgan fingerprint density at radius 2 is 1.77 bits per heavy atom. The van der Waals surface area contributed by atoms with Crippen molar-refractivity contribution in [2.24, 2.45) is 45.3 Å². The van der Waals surface area contributed by atoms with Crippen molar-refractivity contribution >= 4 is 28.6 Å². The number of aliphatic hydroxyl groups excluding tert-OH is 1. The zero-order chi connectivity index (χ0) is 29.8. The number of carbonyl (C=O) groups excluding carboxylic acids is 3. The van der Waals surface area contributed by atoms with Crippen molar-refractivity contribution in [2.45, 2.75) is 91.3 Å². The number of ether oxygens (including phenoxy) is 1. The quantitative estimate of drug-likeness (QED) is 0.454. The number of ketones is 1. The first-order chi connectivity index (χ1) is 18.4. The summed E-state index contributed by atoms with van der Waals surface area (Å²) in [5.41, 5.74) is -7.47. The first-order valence-electron chi connectivity index (χ1n) is 14.1. The molecule has 5 aliphatic carbocycles. The molecule has 0 amide bonds. The van der Waals surface area contributed by atoms with Crippen LogP contribution in [0.2, 0.25) is 0 Å². The Morgan fingerprint density at radius 1 is 1.15 bits per heavy atom. The molecule has 218 valence electrons. The predicted molar refractivity (Wildman–Crippen MR) is 146 cm³/mol. The minimum Gasteiger partial charge on any atom is -0.449 e. The summed E-state index contributed by atoms with van der Waals surface area (Å²) in [7, 11) is 0. The van der Waals surface area contributed by atoms with Gasteiger partial charge in [0.05, 0.1) is 23.8 Å². The Labute approximate surface area is 239 Å². The van der Waals surface area contributed by atoms with Gasteiger partial charge in [0.25, 0.3) is 0 Å². The fourth-order valence-electron chi connectivity index (χ4n) is 9.43. The van der Waals surface area contributed by atoms with Crippen LogP contribution in [-0.2, 0) is 19.1 Å². The highest BCUT2D eigenvalue weighted by atomic mass is 32.2. The van der Waals surface area contributed by atoms with Crippen molar-refractivity contribution in [3.63, 3.8) is 0 Å². The zero-order valence-corrected chi connectivity index (χ0v) is 25.0. The number of hydrogen-bond donors (Lipinski definition) is 1. The van der Waals surface area contributed by atoms with Crippen LogP contribution in [0.5, 0.6) is 0 Å². The third-order valence-corrected chi connectivity index (χ3v) is 13.1. The van der Waals surface area contributed by atoms with E-state index in [1.54, 1.807) is 13.8 Å². The summed E-state index contributed by atoms with van der Waals surface area (Å²) in [4.78, 5) is 40.0. The van der Waals surface area contributed by atoms with Gasteiger partial charge in [0.15, 0.2) is 17.1 Å². The summed E-state index contributed by atoms with van der Waals surface area (Å²) in [6.07, 6.45) is 0.364. The average molecular weight is 576 g/mol. The molecule has 0 bridgehead atoms. The molecule has 0 aromatic rings. The van der Waals surface area contributed by atoms with Crippen molar-refractivity contribution in [1.82, 2.24) is 0 Å². The minimum atomic E-state index is -2.30. The normalized spacial score (nSPS) is 46.4. The van der Waals surface area contributed by atoms with Gasteiger partial charge in [-0.3, -0.25) is 14.4 Å². The number of rotatable bonds is 4. The van der Waals surface area contributed by atoms with Crippen LogP contribution in [0, 0.1) is 56.7 Å². The smallest absolute Gasteiger partial charge is 0.311 e. The number of carbonyl (C=O) groups is 3. The molecule has 0 aromatic carbocycles. The third-order valence-electron chi connectivity index (χ3n) is 12.3. The van der Waals surface area contributed by atoms with Gasteiger partial charge < -0.3 is 9.84 Å². The Morgan fingerprint density at radius 3 is 2.35 bits per heavy atom. The standard InChI is InChI=1S/C31H39F2NO5S/c1-16-12-18-19-14-21(32)20-13-17(35)8-9-28(20,6)30(19,33)22(36)15-29(18,7)31(16,25(38)40-11-10-34)39-24(37)23-26(2,3)27(23,4)5/h8-9,13,16,18-19,21-23,36H,11-12,14-15H2,1-7H3/t16-,18?,19?,21+,22+,28+,29+,30+,31+/m1/s1. The molecule has 9 heteroatoms. The molecule has 1 N–H and O–H groups in total. The molecular weight excluding hydrogens is 536 g/mol. The van der Waals surface area contributed by atoms with Crippen LogP contribution in [0.4, 0.5) is 8.78 Å². The van der Waals surface area contributed by atoms with E-state index in [2.05, 4.69) is 0 Å². The van der Waals surface area contributed by atoms with E-state index in [9.17, 15) is 24.8 Å². The van der Waals surface area contributed by atoms with Crippen LogP contribution >= 0.6 is 11.8 Å². The number of alkyl halides is 2. The van der Waals surface area contributed by atoms with Crippen molar-refractivity contribution in [3.05, 3.63) is 23.8 Å². The molecule has 2 unspecified atom stereocenters. The monoisotopic (exact) mass is 575 g/mol. The Bertz CT molecular complexity index is 1270. The van der Waals surface area contributed by atoms with Crippen molar-refractivity contribution in [3.8, 4) is 6.07 Å². The summed E-state index contributed by atoms with van der Waals surface area (Å²) >= 11 is 0.768. The zero-order valence-electron chi connectivity index (χ0n) is 24.2. The number of halogens is 2. The summed E-state index contributed by atoms with van der Waals surface area (Å²) in [6, 6.07) is 1.96. The Balaban J connectivity index is 1.62. The van der Waals surface area contributed by atoms with E-state index < -0.39 is 74.9 Å². The van der Waals surface area contributed by atoms with E-state index in [-0.39, 0.29) is 41.4 Å². The highest BCUT2D eigenvalue weighted by molar-refractivity contribution is 8.14. The van der Waals surface area contributed by atoms with Crippen LogP contribution in [0.1, 0.15) is 67.7 Å². The average Bonchev–Trinajstić information content (AvgIpc) is 3.17. The lowest BCUT2D eigenvalue weighted by Gasteiger charge is -2.63. The molecule has 4 fully saturated rings. The summed E-state index contributed by atoms with van der Waals surface area (Å²) in [6.45, 7) is 13.0. The molecule has 0 saturated heterocycles. The largest absolute Gasteiger partial charge is 0.449 e. The first kappa shape index (κ1) is 29.4. The Kier molecular flexibility index (Phi) is 6.43. The number of nitriles is 1. The molecule has 9 atom stereocenters. The van der Waals surface area contributed by atoms with Gasteiger partial charge in [-0.1, -0.05) is 59.4 Å². The number of esters is 1. The molecule has 4 saturated carbocycles. The summed E-state index contributed by atoms with van der Waals surface area (Å²) in [5.74, 6) is -3.70. The number of aliphatic hydroxyl groups is 1. The fraction of sp³-hybridized carbons (Fsp3) is 0.742. The summed E-state index contributed by atoms with van der Waals surface area (Å²) in [5, 5.41) is 20.4. The molecule has 40 heavy (non-hydrogen) atoms. The van der Waals surface area contributed by atoms with Gasteiger partial charge in [-0.25, -0.2) is 8.78 Å². The molecule has 0 heterocycles. The van der Waals surface area contributed by atoms with Gasteiger partial charge in [0.1, 0.15) is 6.17 Å². The van der Waals surface area contributed by atoms with Gasteiger partial charge in [-0.15, -0.1) is 0 Å². The van der Waals surface area contributed by atoms with Gasteiger partial charge in [-0.05, 0) is 60.7 Å². The van der Waals surface area contributed by atoms with Crippen molar-refractivity contribution in [1.29, 1.82) is 5.26 Å². The lowest BCUT2D eigenvalue weighted by atomic mass is 9.44. The van der Waals surface area contributed by atoms with E-state index in [4.69, 9.17) is 4.74 Å². The lowest BCUT2D eigenvalue weighted by Crippen LogP contribution is -2.70. The lowest BCUT2D eigenvalue weighted by molar-refractivity contribution is -0.229. The molecule has 0 aromatic heterocycles. The fourth-order valence-corrected chi connectivity index (χ4v) is 10.3. The topological polar surface area (TPSA) is 104 Å². The van der Waals surface area contributed by atoms with E-state index in [1.807, 2.05) is 33.8 Å². The molecular formula is C31H39F2NO5S. The second kappa shape index (κ2) is 8.73. The van der Waals surface area contributed by atoms with E-state index >= 15 is 8.78 Å². The van der Waals surface area contributed by atoms with E-state index in [1.165, 1.54) is 19.1 Å². The second-order valence-corrected chi connectivity index (χ2v) is 15.2. The van der Waals surface area contributed by atoms with Crippen molar-refractivity contribution in [2.75, 3.05) is 5.75 Å². The molecule has 6 nitrogen and oxygen atoms in total. The maximum atomic E-state index is 17.6. The number of hydrogen-bond acceptors (Lipinski definition) is 7. The Hall–Kier alpha value is -2.05. The van der Waals surface area contributed by atoms with Crippen LogP contribution in [0.15, 0.2) is 23.8 Å². The maximum Gasteiger partial charge on any atom is 0.311 e. The van der Waals surface area contributed by atoms with E-state index in [0.29, 0.717) is 0 Å². The van der Waals surface area contributed by atoms with Crippen LogP contribution < -0.4 is 0 Å². The highest BCUT2D eigenvalue weighted by Crippen LogP contribution is 2.73. The molecule has 5 rings (SSSR count). The molecule has 0 aliphatic heterocycles. The number of allylic oxidation sites excluding steroid dienone is 4. The first-order valence-corrected chi connectivity index (χ1v) is 15.1. The second-order valence-electron chi connectivity index (χ2n) is 14.3. The maximum absolute atomic E-state index is 17.6. The van der Waals surface area contributed by atoms with Gasteiger partial charge >= 0.3 is 5.97 Å². The van der Waals surface area contributed by atoms with Gasteiger partial charge in [-0.2, -0.15) is 5.26 Å².